The van der Waals surface area contributed by atoms with Gasteiger partial charge in [0, 0.05) is 17.4 Å². The molecule has 2 aromatic carbocycles. The average Bonchev–Trinajstić information content (AvgIpc) is 2.99. The van der Waals surface area contributed by atoms with Crippen LogP contribution >= 0.6 is 0 Å². The molecule has 2 aromatic heterocycles. The van der Waals surface area contributed by atoms with Crippen LogP contribution in [0.3, 0.4) is 0 Å². The van der Waals surface area contributed by atoms with E-state index in [0.29, 0.717) is 35.3 Å². The summed E-state index contributed by atoms with van der Waals surface area (Å²) in [5.74, 6) is 0.699. The summed E-state index contributed by atoms with van der Waals surface area (Å²) < 4.78 is 21.2. The Labute approximate surface area is 160 Å². The van der Waals surface area contributed by atoms with E-state index < -0.39 is 0 Å². The van der Waals surface area contributed by atoms with E-state index in [9.17, 15) is 9.18 Å². The summed E-state index contributed by atoms with van der Waals surface area (Å²) in [6.07, 6.45) is 0. The van der Waals surface area contributed by atoms with Crippen LogP contribution in [0.5, 0.6) is 5.75 Å². The summed E-state index contributed by atoms with van der Waals surface area (Å²) in [5.41, 5.74) is 2.37. The summed E-state index contributed by atoms with van der Waals surface area (Å²) in [6.45, 7) is 2.12. The molecule has 2 heterocycles. The van der Waals surface area contributed by atoms with Gasteiger partial charge < -0.3 is 10.1 Å². The molecule has 142 valence electrons. The predicted molar refractivity (Wildman–Crippen MR) is 104 cm³/mol. The van der Waals surface area contributed by atoms with Gasteiger partial charge in [0.25, 0.3) is 0 Å². The van der Waals surface area contributed by atoms with E-state index >= 15 is 0 Å². The van der Waals surface area contributed by atoms with Gasteiger partial charge in [-0.1, -0.05) is 12.1 Å². The van der Waals surface area contributed by atoms with Crippen LogP contribution < -0.4 is 15.7 Å². The third-order valence-corrected chi connectivity index (χ3v) is 4.26. The maximum atomic E-state index is 13.2. The van der Waals surface area contributed by atoms with Crippen LogP contribution in [0.4, 0.5) is 16.0 Å². The number of rotatable bonds is 5. The highest BCUT2D eigenvalue weighted by Gasteiger charge is 2.14. The topological polar surface area (TPSA) is 73.4 Å². The largest absolute Gasteiger partial charge is 0.497 e. The number of nitrogens with one attached hydrogen (secondary N) is 1. The van der Waals surface area contributed by atoms with Crippen molar-refractivity contribution in [1.29, 1.82) is 0 Å². The van der Waals surface area contributed by atoms with Crippen LogP contribution in [0.1, 0.15) is 11.3 Å². The Bertz CT molecular complexity index is 1200. The number of fused-ring (bicyclic) bond motifs is 1. The Kier molecular flexibility index (Phi) is 4.52. The second-order valence-corrected chi connectivity index (χ2v) is 6.34. The lowest BCUT2D eigenvalue weighted by Gasteiger charge is -2.07. The number of aromatic nitrogens is 4. The van der Waals surface area contributed by atoms with Gasteiger partial charge in [-0.25, -0.2) is 23.3 Å². The molecule has 0 aliphatic heterocycles. The van der Waals surface area contributed by atoms with Crippen LogP contribution in [0, 0.1) is 12.7 Å². The number of anilines is 2. The Morgan fingerprint density at radius 1 is 1.14 bits per heavy atom. The minimum Gasteiger partial charge on any atom is -0.497 e. The molecule has 0 aliphatic carbocycles. The van der Waals surface area contributed by atoms with E-state index in [4.69, 9.17) is 4.74 Å². The number of benzene rings is 2. The Hall–Kier alpha value is -3.68. The first-order valence-electron chi connectivity index (χ1n) is 8.66. The van der Waals surface area contributed by atoms with Crippen molar-refractivity contribution >= 4 is 17.3 Å². The second kappa shape index (κ2) is 7.15. The van der Waals surface area contributed by atoms with Gasteiger partial charge in [-0.2, -0.15) is 0 Å². The second-order valence-electron chi connectivity index (χ2n) is 6.34. The molecular formula is C20H18FN5O2. The summed E-state index contributed by atoms with van der Waals surface area (Å²) in [5, 5.41) is 7.49. The third-order valence-electron chi connectivity index (χ3n) is 4.26. The lowest BCUT2D eigenvalue weighted by Crippen LogP contribution is -2.23. The van der Waals surface area contributed by atoms with E-state index in [2.05, 4.69) is 15.4 Å². The van der Waals surface area contributed by atoms with Crippen molar-refractivity contribution < 1.29 is 9.13 Å². The van der Waals surface area contributed by atoms with Crippen molar-refractivity contribution in [2.24, 2.45) is 0 Å². The number of nitrogens with zero attached hydrogens (tertiary/aromatic N) is 4. The number of hydrogen-bond donors (Lipinski definition) is 1. The standard InChI is InChI=1S/C20H18FN5O2/c1-13-10-18-24-25(12-14-4-3-5-17(11-14)28-2)20(27)26(18)19(22-13)23-16-8-6-15(21)7-9-16/h3-11H,12H2,1-2H3,(H,22,23). The lowest BCUT2D eigenvalue weighted by atomic mass is 10.2. The highest BCUT2D eigenvalue weighted by molar-refractivity contribution is 5.56. The van der Waals surface area contributed by atoms with Crippen LogP contribution in [-0.2, 0) is 6.54 Å². The number of halogens is 1. The first kappa shape index (κ1) is 17.7. The molecule has 0 radical (unpaired) electrons. The van der Waals surface area contributed by atoms with E-state index in [1.165, 1.54) is 21.2 Å². The Morgan fingerprint density at radius 3 is 2.68 bits per heavy atom. The fourth-order valence-corrected chi connectivity index (χ4v) is 2.95. The molecule has 0 aliphatic rings. The van der Waals surface area contributed by atoms with E-state index in [0.717, 1.165) is 5.56 Å². The predicted octanol–water partition coefficient (Wildman–Crippen LogP) is 3.14. The molecule has 0 saturated heterocycles. The molecule has 1 N–H and O–H groups in total. The minimum absolute atomic E-state index is 0.298. The first-order valence-corrected chi connectivity index (χ1v) is 8.66. The summed E-state index contributed by atoms with van der Waals surface area (Å²) in [4.78, 5) is 17.4. The molecule has 4 aromatic rings. The van der Waals surface area contributed by atoms with Gasteiger partial charge in [0.2, 0.25) is 5.95 Å². The molecule has 28 heavy (non-hydrogen) atoms. The molecule has 0 bridgehead atoms. The van der Waals surface area contributed by atoms with Crippen molar-refractivity contribution in [1.82, 2.24) is 19.2 Å². The van der Waals surface area contributed by atoms with Gasteiger partial charge in [-0.3, -0.25) is 0 Å². The van der Waals surface area contributed by atoms with Crippen LogP contribution in [0.2, 0.25) is 0 Å². The van der Waals surface area contributed by atoms with Crippen molar-refractivity contribution in [3.8, 4) is 5.75 Å². The van der Waals surface area contributed by atoms with Crippen molar-refractivity contribution in [3.05, 3.63) is 82.2 Å². The maximum absolute atomic E-state index is 13.2. The van der Waals surface area contributed by atoms with Crippen molar-refractivity contribution in [3.63, 3.8) is 0 Å². The molecule has 0 spiro atoms. The van der Waals surface area contributed by atoms with Gasteiger partial charge in [0.05, 0.1) is 13.7 Å². The van der Waals surface area contributed by atoms with Gasteiger partial charge in [-0.05, 0) is 48.9 Å². The van der Waals surface area contributed by atoms with Gasteiger partial charge >= 0.3 is 5.69 Å². The Balaban J connectivity index is 1.75. The third kappa shape index (κ3) is 3.44. The Morgan fingerprint density at radius 2 is 1.93 bits per heavy atom. The number of aryl methyl sites for hydroxylation is 1. The van der Waals surface area contributed by atoms with E-state index in [1.54, 1.807) is 25.3 Å². The molecule has 0 fully saturated rings. The smallest absolute Gasteiger partial charge is 0.353 e. The normalized spacial score (nSPS) is 11.0. The minimum atomic E-state index is -0.337. The molecule has 0 saturated carbocycles. The summed E-state index contributed by atoms with van der Waals surface area (Å²) >= 11 is 0. The van der Waals surface area contributed by atoms with Gasteiger partial charge in [0.1, 0.15) is 11.6 Å². The quantitative estimate of drug-likeness (QED) is 0.577. The maximum Gasteiger partial charge on any atom is 0.353 e. The van der Waals surface area contributed by atoms with Crippen LogP contribution in [0.25, 0.3) is 5.65 Å². The van der Waals surface area contributed by atoms with Crippen molar-refractivity contribution in [2.45, 2.75) is 13.5 Å². The molecule has 0 atom stereocenters. The molecular weight excluding hydrogens is 361 g/mol. The molecule has 0 unspecified atom stereocenters. The lowest BCUT2D eigenvalue weighted by molar-refractivity contribution is 0.414. The molecule has 8 heteroatoms. The fraction of sp³-hybridized carbons (Fsp3) is 0.150. The molecule has 4 rings (SSSR count). The fourth-order valence-electron chi connectivity index (χ4n) is 2.95. The highest BCUT2D eigenvalue weighted by Crippen LogP contribution is 2.17. The number of hydrogen-bond acceptors (Lipinski definition) is 5. The zero-order valence-corrected chi connectivity index (χ0v) is 15.4. The van der Waals surface area contributed by atoms with E-state index in [1.807, 2.05) is 31.2 Å². The molecule has 0 amide bonds. The van der Waals surface area contributed by atoms with Crippen LogP contribution in [-0.4, -0.2) is 26.3 Å². The average molecular weight is 379 g/mol. The van der Waals surface area contributed by atoms with Crippen LogP contribution in [0.15, 0.2) is 59.4 Å². The van der Waals surface area contributed by atoms with Gasteiger partial charge in [0.15, 0.2) is 5.65 Å². The molecule has 7 nitrogen and oxygen atoms in total. The number of ether oxygens (including phenoxy) is 1. The summed E-state index contributed by atoms with van der Waals surface area (Å²) in [6, 6.07) is 15.0. The zero-order valence-electron chi connectivity index (χ0n) is 15.4. The van der Waals surface area contributed by atoms with Gasteiger partial charge in [-0.15, -0.1) is 5.10 Å². The zero-order chi connectivity index (χ0) is 19.7. The summed E-state index contributed by atoms with van der Waals surface area (Å²) in [7, 11) is 1.60. The monoisotopic (exact) mass is 379 g/mol. The SMILES string of the molecule is COc1cccc(Cn2nc3cc(C)nc(Nc4ccc(F)cc4)n3c2=O)c1. The van der Waals surface area contributed by atoms with Crippen molar-refractivity contribution in [2.75, 3.05) is 12.4 Å². The first-order chi connectivity index (χ1) is 13.5. The number of methoxy groups -OCH3 is 1. The highest BCUT2D eigenvalue weighted by atomic mass is 19.1. The van der Waals surface area contributed by atoms with E-state index in [-0.39, 0.29) is 11.5 Å².